The van der Waals surface area contributed by atoms with Crippen LogP contribution in [0.15, 0.2) is 30.5 Å². The van der Waals surface area contributed by atoms with Gasteiger partial charge in [0.2, 0.25) is 0 Å². The standard InChI is InChI=1S/C14H12Cl2N2O2/c1-2-20-14(19)10-8-17-13(18-12(10)7-15)9-5-3-4-6-11(9)16/h3-6,8H,2,7H2,1H3. The average Bonchev–Trinajstić information content (AvgIpc) is 2.47. The topological polar surface area (TPSA) is 52.1 Å². The molecule has 0 fully saturated rings. The molecular formula is C14H12Cl2N2O2. The van der Waals surface area contributed by atoms with E-state index in [1.54, 1.807) is 19.1 Å². The molecule has 0 radical (unpaired) electrons. The molecule has 20 heavy (non-hydrogen) atoms. The highest BCUT2D eigenvalue weighted by Crippen LogP contribution is 2.25. The number of nitrogens with zero attached hydrogens (tertiary/aromatic N) is 2. The maximum absolute atomic E-state index is 11.8. The van der Waals surface area contributed by atoms with Crippen molar-refractivity contribution in [1.82, 2.24) is 9.97 Å². The maximum atomic E-state index is 11.8. The third-order valence-corrected chi connectivity index (χ3v) is 3.19. The van der Waals surface area contributed by atoms with Crippen LogP contribution in [-0.4, -0.2) is 22.5 Å². The molecule has 104 valence electrons. The molecule has 0 atom stereocenters. The SMILES string of the molecule is CCOC(=O)c1cnc(-c2ccccc2Cl)nc1CCl. The Morgan fingerprint density at radius 2 is 2.10 bits per heavy atom. The summed E-state index contributed by atoms with van der Waals surface area (Å²) in [5.74, 6) is 0.0434. The number of carbonyl (C=O) groups is 1. The van der Waals surface area contributed by atoms with Crippen molar-refractivity contribution in [1.29, 1.82) is 0 Å². The third-order valence-electron chi connectivity index (χ3n) is 2.60. The van der Waals surface area contributed by atoms with Crippen LogP contribution in [0.4, 0.5) is 0 Å². The van der Waals surface area contributed by atoms with Crippen molar-refractivity contribution in [3.63, 3.8) is 0 Å². The van der Waals surface area contributed by atoms with Gasteiger partial charge in [0.25, 0.3) is 0 Å². The largest absolute Gasteiger partial charge is 0.462 e. The number of alkyl halides is 1. The van der Waals surface area contributed by atoms with Crippen molar-refractivity contribution in [2.45, 2.75) is 12.8 Å². The lowest BCUT2D eigenvalue weighted by Gasteiger charge is -2.08. The summed E-state index contributed by atoms with van der Waals surface area (Å²) in [6, 6.07) is 7.21. The Hall–Kier alpha value is -1.65. The molecule has 0 aliphatic rings. The summed E-state index contributed by atoms with van der Waals surface area (Å²) in [5.41, 5.74) is 1.39. The number of hydrogen-bond acceptors (Lipinski definition) is 4. The summed E-state index contributed by atoms with van der Waals surface area (Å²) >= 11 is 11.9. The van der Waals surface area contributed by atoms with Crippen molar-refractivity contribution in [3.8, 4) is 11.4 Å². The van der Waals surface area contributed by atoms with E-state index in [1.165, 1.54) is 6.20 Å². The van der Waals surface area contributed by atoms with E-state index in [9.17, 15) is 4.79 Å². The fourth-order valence-corrected chi connectivity index (χ4v) is 2.09. The Bertz CT molecular complexity index is 632. The summed E-state index contributed by atoms with van der Waals surface area (Å²) in [4.78, 5) is 20.2. The van der Waals surface area contributed by atoms with Gasteiger partial charge in [-0.15, -0.1) is 11.6 Å². The Morgan fingerprint density at radius 3 is 2.75 bits per heavy atom. The number of halogens is 2. The summed E-state index contributed by atoms with van der Waals surface area (Å²) in [7, 11) is 0. The van der Waals surface area contributed by atoms with Gasteiger partial charge in [-0.05, 0) is 19.1 Å². The van der Waals surface area contributed by atoms with Gasteiger partial charge in [0.05, 0.1) is 23.2 Å². The maximum Gasteiger partial charge on any atom is 0.341 e. The number of ether oxygens (including phenoxy) is 1. The van der Waals surface area contributed by atoms with Crippen LogP contribution >= 0.6 is 23.2 Å². The zero-order valence-corrected chi connectivity index (χ0v) is 12.3. The molecule has 0 spiro atoms. The second kappa shape index (κ2) is 6.68. The van der Waals surface area contributed by atoms with Crippen LogP contribution < -0.4 is 0 Å². The second-order valence-corrected chi connectivity index (χ2v) is 4.56. The van der Waals surface area contributed by atoms with E-state index in [-0.39, 0.29) is 18.1 Å². The molecule has 0 aliphatic heterocycles. The van der Waals surface area contributed by atoms with Gasteiger partial charge in [0.15, 0.2) is 5.82 Å². The Labute approximate surface area is 126 Å². The normalized spacial score (nSPS) is 10.3. The molecule has 2 rings (SSSR count). The van der Waals surface area contributed by atoms with E-state index >= 15 is 0 Å². The zero-order chi connectivity index (χ0) is 14.5. The fourth-order valence-electron chi connectivity index (χ4n) is 1.67. The average molecular weight is 311 g/mol. The lowest BCUT2D eigenvalue weighted by atomic mass is 10.2. The molecule has 2 aromatic rings. The molecule has 1 aromatic heterocycles. The van der Waals surface area contributed by atoms with Crippen molar-refractivity contribution in [3.05, 3.63) is 46.7 Å². The van der Waals surface area contributed by atoms with Crippen LogP contribution in [0.3, 0.4) is 0 Å². The molecule has 6 heteroatoms. The van der Waals surface area contributed by atoms with Gasteiger partial charge in [-0.1, -0.05) is 23.7 Å². The van der Waals surface area contributed by atoms with E-state index in [2.05, 4.69) is 9.97 Å². The first-order chi connectivity index (χ1) is 9.67. The first-order valence-electron chi connectivity index (χ1n) is 6.01. The molecule has 0 bridgehead atoms. The predicted molar refractivity (Wildman–Crippen MR) is 78.0 cm³/mol. The smallest absolute Gasteiger partial charge is 0.341 e. The Kier molecular flexibility index (Phi) is 4.93. The van der Waals surface area contributed by atoms with Crippen LogP contribution in [0.5, 0.6) is 0 Å². The molecule has 1 aromatic carbocycles. The molecule has 0 saturated carbocycles. The van der Waals surface area contributed by atoms with Gasteiger partial charge < -0.3 is 4.74 Å². The van der Waals surface area contributed by atoms with E-state index in [4.69, 9.17) is 27.9 Å². The highest BCUT2D eigenvalue weighted by Gasteiger charge is 2.16. The van der Waals surface area contributed by atoms with E-state index in [0.29, 0.717) is 22.1 Å². The number of benzene rings is 1. The zero-order valence-electron chi connectivity index (χ0n) is 10.8. The van der Waals surface area contributed by atoms with E-state index < -0.39 is 5.97 Å². The monoisotopic (exact) mass is 310 g/mol. The van der Waals surface area contributed by atoms with E-state index in [0.717, 1.165) is 0 Å². The molecule has 0 amide bonds. The predicted octanol–water partition coefficient (Wildman–Crippen LogP) is 3.71. The first-order valence-corrected chi connectivity index (χ1v) is 6.92. The van der Waals surface area contributed by atoms with Gasteiger partial charge in [0.1, 0.15) is 5.56 Å². The number of hydrogen-bond donors (Lipinski definition) is 0. The molecule has 4 nitrogen and oxygen atoms in total. The summed E-state index contributed by atoms with van der Waals surface area (Å²) in [5, 5.41) is 0.539. The molecule has 1 heterocycles. The molecule has 0 unspecified atom stereocenters. The van der Waals surface area contributed by atoms with Crippen molar-refractivity contribution < 1.29 is 9.53 Å². The number of esters is 1. The van der Waals surface area contributed by atoms with Crippen molar-refractivity contribution in [2.75, 3.05) is 6.61 Å². The molecule has 0 saturated heterocycles. The highest BCUT2D eigenvalue weighted by atomic mass is 35.5. The summed E-state index contributed by atoms with van der Waals surface area (Å²) < 4.78 is 4.94. The molecule has 0 aliphatic carbocycles. The number of aromatic nitrogens is 2. The van der Waals surface area contributed by atoms with Crippen LogP contribution in [0.1, 0.15) is 23.0 Å². The van der Waals surface area contributed by atoms with Gasteiger partial charge in [0, 0.05) is 11.8 Å². The quantitative estimate of drug-likeness (QED) is 0.638. The second-order valence-electron chi connectivity index (χ2n) is 3.89. The van der Waals surface area contributed by atoms with Crippen LogP contribution in [0, 0.1) is 0 Å². The fraction of sp³-hybridized carbons (Fsp3) is 0.214. The number of rotatable bonds is 4. The number of carbonyl (C=O) groups excluding carboxylic acids is 1. The van der Waals surface area contributed by atoms with Gasteiger partial charge in [-0.3, -0.25) is 0 Å². The lowest BCUT2D eigenvalue weighted by Crippen LogP contribution is -2.10. The summed E-state index contributed by atoms with van der Waals surface area (Å²) in [6.07, 6.45) is 1.42. The van der Waals surface area contributed by atoms with Gasteiger partial charge >= 0.3 is 5.97 Å². The minimum absolute atomic E-state index is 0.0914. The Morgan fingerprint density at radius 1 is 1.35 bits per heavy atom. The molecule has 0 N–H and O–H groups in total. The minimum Gasteiger partial charge on any atom is -0.462 e. The van der Waals surface area contributed by atoms with Gasteiger partial charge in [-0.25, -0.2) is 14.8 Å². The van der Waals surface area contributed by atoms with Gasteiger partial charge in [-0.2, -0.15) is 0 Å². The van der Waals surface area contributed by atoms with Crippen molar-refractivity contribution >= 4 is 29.2 Å². The Balaban J connectivity index is 2.45. The van der Waals surface area contributed by atoms with Crippen molar-refractivity contribution in [2.24, 2.45) is 0 Å². The van der Waals surface area contributed by atoms with Crippen LogP contribution in [0.25, 0.3) is 11.4 Å². The van der Waals surface area contributed by atoms with Crippen LogP contribution in [-0.2, 0) is 10.6 Å². The lowest BCUT2D eigenvalue weighted by molar-refractivity contribution is 0.0524. The molecular weight excluding hydrogens is 299 g/mol. The first kappa shape index (κ1) is 14.8. The third kappa shape index (κ3) is 3.08. The van der Waals surface area contributed by atoms with E-state index in [1.807, 2.05) is 12.1 Å². The highest BCUT2D eigenvalue weighted by molar-refractivity contribution is 6.33. The van der Waals surface area contributed by atoms with Crippen LogP contribution in [0.2, 0.25) is 5.02 Å². The summed E-state index contributed by atoms with van der Waals surface area (Å²) in [6.45, 7) is 2.02. The minimum atomic E-state index is -0.478.